The lowest BCUT2D eigenvalue weighted by Gasteiger charge is -2.07. The van der Waals surface area contributed by atoms with Gasteiger partial charge in [-0.15, -0.1) is 0 Å². The molecule has 75 valence electrons. The van der Waals surface area contributed by atoms with Crippen LogP contribution in [0.15, 0.2) is 30.3 Å². The molecule has 0 aromatic heterocycles. The van der Waals surface area contributed by atoms with Crippen molar-refractivity contribution in [1.82, 2.24) is 0 Å². The molecule has 2 nitrogen and oxygen atoms in total. The first kappa shape index (κ1) is 9.74. The van der Waals surface area contributed by atoms with Gasteiger partial charge in [-0.25, -0.2) is 4.21 Å². The fourth-order valence-electron chi connectivity index (χ4n) is 1.32. The first-order valence-corrected chi connectivity index (χ1v) is 5.51. The van der Waals surface area contributed by atoms with Gasteiger partial charge in [-0.3, -0.25) is 0 Å². The second-order valence-electron chi connectivity index (χ2n) is 3.74. The van der Waals surface area contributed by atoms with Crippen LogP contribution < -0.4 is 0 Å². The minimum absolute atomic E-state index is 0.0885. The van der Waals surface area contributed by atoms with Crippen LogP contribution in [-0.4, -0.2) is 15.6 Å². The molecule has 0 saturated heterocycles. The smallest absolute Gasteiger partial charge is 0.0943 e. The number of hydrogen-bond donors (Lipinski definition) is 0. The van der Waals surface area contributed by atoms with Crippen molar-refractivity contribution in [2.45, 2.75) is 24.2 Å². The van der Waals surface area contributed by atoms with Crippen molar-refractivity contribution < 1.29 is 8.95 Å². The van der Waals surface area contributed by atoms with E-state index in [1.54, 1.807) is 0 Å². The molecule has 14 heavy (non-hydrogen) atoms. The summed E-state index contributed by atoms with van der Waals surface area (Å²) in [6.07, 6.45) is 2.02. The van der Waals surface area contributed by atoms with Crippen LogP contribution in [0.1, 0.15) is 18.4 Å². The lowest BCUT2D eigenvalue weighted by Crippen LogP contribution is -2.15. The van der Waals surface area contributed by atoms with Crippen LogP contribution in [0.5, 0.6) is 0 Å². The molecule has 0 heterocycles. The van der Waals surface area contributed by atoms with Crippen LogP contribution in [0, 0.1) is 0 Å². The van der Waals surface area contributed by atoms with Gasteiger partial charge in [0.1, 0.15) is 0 Å². The van der Waals surface area contributed by atoms with E-state index < -0.39 is 0 Å². The Hall–Kier alpha value is -0.800. The van der Waals surface area contributed by atoms with Gasteiger partial charge in [0.25, 0.3) is 0 Å². The predicted molar refractivity (Wildman–Crippen MR) is 56.2 cm³/mol. The van der Waals surface area contributed by atoms with E-state index in [1.807, 2.05) is 30.3 Å². The summed E-state index contributed by atoms with van der Waals surface area (Å²) in [5.74, 6) is 0. The maximum atomic E-state index is 10.7. The minimum atomic E-state index is -0.0885. The van der Waals surface area contributed by atoms with Crippen molar-refractivity contribution in [2.24, 2.45) is 0 Å². The zero-order valence-corrected chi connectivity index (χ0v) is 8.76. The van der Waals surface area contributed by atoms with Gasteiger partial charge in [-0.2, -0.15) is 0 Å². The summed E-state index contributed by atoms with van der Waals surface area (Å²) in [5.41, 5.74) is 1.17. The SMILES string of the molecule is O=[S]C1(COCc2ccccc2)CC1. The maximum Gasteiger partial charge on any atom is 0.0943 e. The molecule has 1 fully saturated rings. The summed E-state index contributed by atoms with van der Waals surface area (Å²) < 4.78 is 16.1. The Morgan fingerprint density at radius 2 is 2.00 bits per heavy atom. The molecule has 0 bridgehead atoms. The largest absolute Gasteiger partial charge is 0.375 e. The summed E-state index contributed by atoms with van der Waals surface area (Å²) in [4.78, 5) is 0. The average molecular weight is 209 g/mol. The molecule has 2 rings (SSSR count). The molecule has 1 aromatic carbocycles. The van der Waals surface area contributed by atoms with Gasteiger partial charge in [-0.05, 0) is 18.4 Å². The fraction of sp³-hybridized carbons (Fsp3) is 0.455. The Bertz CT molecular complexity index is 306. The Morgan fingerprint density at radius 1 is 1.29 bits per heavy atom. The highest BCUT2D eigenvalue weighted by atomic mass is 32.1. The van der Waals surface area contributed by atoms with Crippen LogP contribution in [0.25, 0.3) is 0 Å². The third kappa shape index (κ3) is 2.36. The summed E-state index contributed by atoms with van der Waals surface area (Å²) in [7, 11) is 0. The molecule has 0 aliphatic heterocycles. The van der Waals surface area contributed by atoms with E-state index >= 15 is 0 Å². The van der Waals surface area contributed by atoms with E-state index in [0.717, 1.165) is 12.8 Å². The lowest BCUT2D eigenvalue weighted by atomic mass is 10.2. The van der Waals surface area contributed by atoms with Crippen molar-refractivity contribution in [3.8, 4) is 0 Å². The zero-order valence-electron chi connectivity index (χ0n) is 7.94. The number of rotatable bonds is 5. The summed E-state index contributed by atoms with van der Waals surface area (Å²) in [5, 5.41) is 0. The molecule has 1 aliphatic carbocycles. The van der Waals surface area contributed by atoms with E-state index in [9.17, 15) is 4.21 Å². The van der Waals surface area contributed by atoms with Crippen molar-refractivity contribution in [2.75, 3.05) is 6.61 Å². The predicted octanol–water partition coefficient (Wildman–Crippen LogP) is 1.95. The van der Waals surface area contributed by atoms with E-state index in [-0.39, 0.29) is 4.75 Å². The molecule has 0 N–H and O–H groups in total. The van der Waals surface area contributed by atoms with Gasteiger partial charge in [0.05, 0.1) is 29.6 Å². The van der Waals surface area contributed by atoms with Gasteiger partial charge in [0.2, 0.25) is 0 Å². The Balaban J connectivity index is 1.76. The van der Waals surface area contributed by atoms with Crippen molar-refractivity contribution >= 4 is 11.7 Å². The maximum absolute atomic E-state index is 10.7. The third-order valence-corrected chi connectivity index (χ3v) is 3.34. The molecule has 1 saturated carbocycles. The molecule has 0 atom stereocenters. The second-order valence-corrected chi connectivity index (χ2v) is 4.78. The highest BCUT2D eigenvalue weighted by molar-refractivity contribution is 7.67. The summed E-state index contributed by atoms with van der Waals surface area (Å²) in [6, 6.07) is 10.0. The van der Waals surface area contributed by atoms with E-state index in [1.165, 1.54) is 5.56 Å². The van der Waals surface area contributed by atoms with Crippen molar-refractivity contribution in [3.63, 3.8) is 0 Å². The number of hydrogen-bond acceptors (Lipinski definition) is 2. The Labute approximate surface area is 87.8 Å². The standard InChI is InChI=1S/C11H13O2S/c12-14-11(6-7-11)9-13-8-10-4-2-1-3-5-10/h1-5H,6-9H2. The van der Waals surface area contributed by atoms with Gasteiger partial charge in [0.15, 0.2) is 0 Å². The van der Waals surface area contributed by atoms with Crippen LogP contribution >= 0.6 is 0 Å². The minimum Gasteiger partial charge on any atom is -0.375 e. The highest BCUT2D eigenvalue weighted by Crippen LogP contribution is 2.37. The van der Waals surface area contributed by atoms with Crippen LogP contribution in [0.2, 0.25) is 0 Å². The van der Waals surface area contributed by atoms with Crippen LogP contribution in [0.3, 0.4) is 0 Å². The van der Waals surface area contributed by atoms with E-state index in [0.29, 0.717) is 24.9 Å². The van der Waals surface area contributed by atoms with E-state index in [2.05, 4.69) is 0 Å². The van der Waals surface area contributed by atoms with Gasteiger partial charge in [-0.1, -0.05) is 30.3 Å². The first-order chi connectivity index (χ1) is 6.85. The average Bonchev–Trinajstić information content (AvgIpc) is 3.00. The molecule has 3 heteroatoms. The van der Waals surface area contributed by atoms with Crippen LogP contribution in [-0.2, 0) is 23.0 Å². The van der Waals surface area contributed by atoms with E-state index in [4.69, 9.17) is 4.74 Å². The van der Waals surface area contributed by atoms with Crippen LogP contribution in [0.4, 0.5) is 0 Å². The molecule has 0 unspecified atom stereocenters. The number of benzene rings is 1. The van der Waals surface area contributed by atoms with Gasteiger partial charge in [0, 0.05) is 0 Å². The Morgan fingerprint density at radius 3 is 2.57 bits per heavy atom. The molecule has 1 aromatic rings. The van der Waals surface area contributed by atoms with Crippen molar-refractivity contribution in [1.29, 1.82) is 0 Å². The summed E-state index contributed by atoms with van der Waals surface area (Å²) >= 11 is 0.698. The Kier molecular flexibility index (Phi) is 2.89. The monoisotopic (exact) mass is 209 g/mol. The molecule has 0 spiro atoms. The molecular weight excluding hydrogens is 196 g/mol. The molecule has 1 aliphatic rings. The summed E-state index contributed by atoms with van der Waals surface area (Å²) in [6.45, 7) is 1.21. The lowest BCUT2D eigenvalue weighted by molar-refractivity contribution is 0.117. The second kappa shape index (κ2) is 4.15. The van der Waals surface area contributed by atoms with Gasteiger partial charge < -0.3 is 4.74 Å². The zero-order chi connectivity index (χ0) is 9.86. The fourth-order valence-corrected chi connectivity index (χ4v) is 1.72. The third-order valence-electron chi connectivity index (χ3n) is 2.46. The molecule has 1 radical (unpaired) electrons. The van der Waals surface area contributed by atoms with Gasteiger partial charge >= 0.3 is 0 Å². The highest BCUT2D eigenvalue weighted by Gasteiger charge is 2.44. The molecule has 0 amide bonds. The first-order valence-electron chi connectivity index (χ1n) is 4.77. The quantitative estimate of drug-likeness (QED) is 0.741. The number of ether oxygens (including phenoxy) is 1. The molecular formula is C11H13O2S. The van der Waals surface area contributed by atoms with Crippen molar-refractivity contribution in [3.05, 3.63) is 35.9 Å². The topological polar surface area (TPSA) is 26.3 Å². The normalized spacial score (nSPS) is 17.7.